The van der Waals surface area contributed by atoms with E-state index in [9.17, 15) is 20.1 Å². The molecule has 0 unspecified atom stereocenters. The highest BCUT2D eigenvalue weighted by Crippen LogP contribution is 2.25. The molecule has 6 heteroatoms. The fraction of sp³-hybridized carbons (Fsp3) is 0.0526. The molecule has 4 N–H and O–H groups in total. The van der Waals surface area contributed by atoms with Gasteiger partial charge in [0.05, 0.1) is 11.3 Å². The maximum atomic E-state index is 12.3. The van der Waals surface area contributed by atoms with Crippen molar-refractivity contribution in [2.45, 2.75) is 6.92 Å². The van der Waals surface area contributed by atoms with Gasteiger partial charge in [0.1, 0.15) is 17.2 Å². The third-order valence-corrected chi connectivity index (χ3v) is 3.80. The van der Waals surface area contributed by atoms with E-state index in [0.29, 0.717) is 11.3 Å². The van der Waals surface area contributed by atoms with Crippen LogP contribution < -0.4 is 5.43 Å². The normalized spacial score (nSPS) is 11.5. The molecule has 0 spiro atoms. The molecule has 0 saturated heterocycles. The predicted octanol–water partition coefficient (Wildman–Crippen LogP) is 3.11. The molecule has 3 rings (SSSR count). The molecule has 1 amide bonds. The van der Waals surface area contributed by atoms with Crippen LogP contribution in [0.15, 0.2) is 59.7 Å². The van der Waals surface area contributed by atoms with E-state index in [1.807, 2.05) is 24.3 Å². The van der Waals surface area contributed by atoms with Crippen LogP contribution in [0.4, 0.5) is 0 Å². The van der Waals surface area contributed by atoms with Crippen molar-refractivity contribution in [3.05, 3.63) is 65.7 Å². The Morgan fingerprint density at radius 2 is 1.52 bits per heavy atom. The molecule has 126 valence electrons. The zero-order valence-electron chi connectivity index (χ0n) is 13.4. The predicted molar refractivity (Wildman–Crippen MR) is 95.1 cm³/mol. The van der Waals surface area contributed by atoms with Crippen LogP contribution in [-0.4, -0.2) is 26.9 Å². The molecule has 0 fully saturated rings. The standard InChI is InChI=1S/C19H16N2O4/c1-11(15-7-6-14(22)10-18(15)24)20-21-19(25)16-8-12-4-2-3-5-13(12)9-17(16)23/h2-10,22-24H,1H3,(H,21,25). The van der Waals surface area contributed by atoms with Crippen molar-refractivity contribution in [1.29, 1.82) is 0 Å². The Balaban J connectivity index is 1.85. The first-order valence-corrected chi connectivity index (χ1v) is 7.54. The van der Waals surface area contributed by atoms with Gasteiger partial charge in [-0.1, -0.05) is 24.3 Å². The van der Waals surface area contributed by atoms with Gasteiger partial charge in [-0.2, -0.15) is 5.10 Å². The molecular weight excluding hydrogens is 320 g/mol. The second kappa shape index (κ2) is 6.52. The van der Waals surface area contributed by atoms with Gasteiger partial charge in [-0.3, -0.25) is 4.79 Å². The molecule has 6 nitrogen and oxygen atoms in total. The molecule has 0 heterocycles. The Morgan fingerprint density at radius 3 is 2.20 bits per heavy atom. The molecule has 3 aromatic carbocycles. The van der Waals surface area contributed by atoms with E-state index in [2.05, 4.69) is 10.5 Å². The van der Waals surface area contributed by atoms with Gasteiger partial charge in [0.2, 0.25) is 0 Å². The number of carbonyl (C=O) groups excluding carboxylic acids is 1. The molecule has 0 aliphatic heterocycles. The number of phenols is 3. The minimum absolute atomic E-state index is 0.0702. The quantitative estimate of drug-likeness (QED) is 0.436. The number of rotatable bonds is 3. The van der Waals surface area contributed by atoms with Crippen molar-refractivity contribution in [2.75, 3.05) is 0 Å². The summed E-state index contributed by atoms with van der Waals surface area (Å²) in [6, 6.07) is 14.6. The highest BCUT2D eigenvalue weighted by Gasteiger charge is 2.13. The van der Waals surface area contributed by atoms with E-state index in [0.717, 1.165) is 10.8 Å². The van der Waals surface area contributed by atoms with Gasteiger partial charge < -0.3 is 15.3 Å². The Kier molecular flexibility index (Phi) is 4.26. The molecule has 0 atom stereocenters. The van der Waals surface area contributed by atoms with Crippen LogP contribution >= 0.6 is 0 Å². The smallest absolute Gasteiger partial charge is 0.275 e. The summed E-state index contributed by atoms with van der Waals surface area (Å²) in [7, 11) is 0. The first kappa shape index (κ1) is 16.3. The van der Waals surface area contributed by atoms with E-state index >= 15 is 0 Å². The van der Waals surface area contributed by atoms with E-state index < -0.39 is 5.91 Å². The minimum atomic E-state index is -0.569. The number of benzene rings is 3. The summed E-state index contributed by atoms with van der Waals surface area (Å²) in [5.74, 6) is -0.930. The van der Waals surface area contributed by atoms with Gasteiger partial charge in [0.25, 0.3) is 5.91 Å². The van der Waals surface area contributed by atoms with Crippen LogP contribution in [-0.2, 0) is 0 Å². The number of fused-ring (bicyclic) bond motifs is 1. The monoisotopic (exact) mass is 336 g/mol. The second-order valence-corrected chi connectivity index (χ2v) is 5.56. The topological polar surface area (TPSA) is 102 Å². The van der Waals surface area contributed by atoms with Crippen molar-refractivity contribution in [2.24, 2.45) is 5.10 Å². The largest absolute Gasteiger partial charge is 0.508 e. The lowest BCUT2D eigenvalue weighted by atomic mass is 10.1. The van der Waals surface area contributed by atoms with E-state index in [1.165, 1.54) is 24.3 Å². The first-order chi connectivity index (χ1) is 12.0. The average molecular weight is 336 g/mol. The maximum absolute atomic E-state index is 12.3. The summed E-state index contributed by atoms with van der Waals surface area (Å²) in [5.41, 5.74) is 3.19. The van der Waals surface area contributed by atoms with Crippen molar-refractivity contribution in [3.63, 3.8) is 0 Å². The van der Waals surface area contributed by atoms with Crippen molar-refractivity contribution >= 4 is 22.4 Å². The molecule has 0 aromatic heterocycles. The summed E-state index contributed by atoms with van der Waals surface area (Å²) in [6.45, 7) is 1.60. The lowest BCUT2D eigenvalue weighted by molar-refractivity contribution is 0.0952. The summed E-state index contributed by atoms with van der Waals surface area (Å²) in [6.07, 6.45) is 0. The highest BCUT2D eigenvalue weighted by molar-refractivity contribution is 6.04. The number of aromatic hydroxyl groups is 3. The fourth-order valence-corrected chi connectivity index (χ4v) is 2.49. The highest BCUT2D eigenvalue weighted by atomic mass is 16.3. The van der Waals surface area contributed by atoms with Gasteiger partial charge >= 0.3 is 0 Å². The Morgan fingerprint density at radius 1 is 0.880 bits per heavy atom. The van der Waals surface area contributed by atoms with Crippen molar-refractivity contribution in [1.82, 2.24) is 5.43 Å². The van der Waals surface area contributed by atoms with Gasteiger partial charge in [0, 0.05) is 11.6 Å². The third kappa shape index (κ3) is 3.37. The molecule has 0 aliphatic rings. The number of hydrogen-bond acceptors (Lipinski definition) is 5. The molecule has 3 aromatic rings. The zero-order chi connectivity index (χ0) is 18.0. The SMILES string of the molecule is CC(=NNC(=O)c1cc2ccccc2cc1O)c1ccc(O)cc1O. The van der Waals surface area contributed by atoms with Crippen LogP contribution in [0.25, 0.3) is 10.8 Å². The van der Waals surface area contributed by atoms with E-state index in [4.69, 9.17) is 0 Å². The number of carbonyl (C=O) groups is 1. The molecule has 0 aliphatic carbocycles. The molecule has 0 saturated carbocycles. The van der Waals surface area contributed by atoms with Crippen LogP contribution in [0, 0.1) is 0 Å². The Labute approximate surface area is 143 Å². The van der Waals surface area contributed by atoms with E-state index in [1.54, 1.807) is 13.0 Å². The molecule has 25 heavy (non-hydrogen) atoms. The summed E-state index contributed by atoms with van der Waals surface area (Å²) >= 11 is 0. The van der Waals surface area contributed by atoms with E-state index in [-0.39, 0.29) is 22.8 Å². The first-order valence-electron chi connectivity index (χ1n) is 7.54. The van der Waals surface area contributed by atoms with Crippen LogP contribution in [0.2, 0.25) is 0 Å². The van der Waals surface area contributed by atoms with Crippen LogP contribution in [0.3, 0.4) is 0 Å². The zero-order valence-corrected chi connectivity index (χ0v) is 13.4. The molecule has 0 bridgehead atoms. The lowest BCUT2D eigenvalue weighted by Crippen LogP contribution is -2.19. The Hall–Kier alpha value is -3.54. The number of nitrogens with zero attached hydrogens (tertiary/aromatic N) is 1. The maximum Gasteiger partial charge on any atom is 0.275 e. The second-order valence-electron chi connectivity index (χ2n) is 5.56. The fourth-order valence-electron chi connectivity index (χ4n) is 2.49. The summed E-state index contributed by atoms with van der Waals surface area (Å²) in [4.78, 5) is 12.3. The number of nitrogens with one attached hydrogen (secondary N) is 1. The van der Waals surface area contributed by atoms with Crippen molar-refractivity contribution < 1.29 is 20.1 Å². The van der Waals surface area contributed by atoms with Crippen LogP contribution in [0.5, 0.6) is 17.2 Å². The molecule has 0 radical (unpaired) electrons. The Bertz CT molecular complexity index is 996. The summed E-state index contributed by atoms with van der Waals surface area (Å²) in [5, 5.41) is 34.8. The third-order valence-electron chi connectivity index (χ3n) is 3.80. The lowest BCUT2D eigenvalue weighted by Gasteiger charge is -2.08. The minimum Gasteiger partial charge on any atom is -0.508 e. The number of hydrogen-bond donors (Lipinski definition) is 4. The van der Waals surface area contributed by atoms with Crippen molar-refractivity contribution in [3.8, 4) is 17.2 Å². The van der Waals surface area contributed by atoms with Gasteiger partial charge in [-0.15, -0.1) is 0 Å². The number of phenolic OH excluding ortho intramolecular Hbond substituents is 3. The molecular formula is C19H16N2O4. The van der Waals surface area contributed by atoms with Gasteiger partial charge in [-0.25, -0.2) is 5.43 Å². The van der Waals surface area contributed by atoms with Gasteiger partial charge in [-0.05, 0) is 42.0 Å². The summed E-state index contributed by atoms with van der Waals surface area (Å²) < 4.78 is 0. The van der Waals surface area contributed by atoms with Gasteiger partial charge in [0.15, 0.2) is 0 Å². The average Bonchev–Trinajstić information content (AvgIpc) is 2.58. The number of amides is 1. The number of hydrazone groups is 1. The van der Waals surface area contributed by atoms with Crippen LogP contribution in [0.1, 0.15) is 22.8 Å².